The lowest BCUT2D eigenvalue weighted by molar-refractivity contribution is -0.118. The van der Waals surface area contributed by atoms with Crippen LogP contribution in [0.25, 0.3) is 22.2 Å². The number of benzene rings is 3. The van der Waals surface area contributed by atoms with Crippen LogP contribution in [-0.2, 0) is 11.2 Å². The molecule has 30 heavy (non-hydrogen) atoms. The monoisotopic (exact) mass is 401 g/mol. The molecule has 0 radical (unpaired) electrons. The second-order valence-corrected chi connectivity index (χ2v) is 6.92. The van der Waals surface area contributed by atoms with Crippen LogP contribution in [0.2, 0.25) is 0 Å². The van der Waals surface area contributed by atoms with E-state index in [9.17, 15) is 4.79 Å². The van der Waals surface area contributed by atoms with Crippen molar-refractivity contribution in [3.8, 4) is 17.1 Å². The number of hydrogen-bond donors (Lipinski definition) is 0. The van der Waals surface area contributed by atoms with Crippen LogP contribution < -0.4 is 9.64 Å². The molecule has 1 amide bonds. The highest BCUT2D eigenvalue weighted by molar-refractivity contribution is 6.03. The van der Waals surface area contributed by atoms with E-state index in [1.54, 1.807) is 11.9 Å². The molecule has 6 heteroatoms. The number of amides is 1. The molecule has 1 heterocycles. The Labute approximate surface area is 175 Å². The van der Waals surface area contributed by atoms with Crippen LogP contribution in [0, 0.1) is 0 Å². The Hall–Kier alpha value is -3.67. The predicted octanol–water partition coefficient (Wildman–Crippen LogP) is 4.88. The number of nitrogens with zero attached hydrogens (tertiary/aromatic N) is 3. The number of aromatic nitrogens is 2. The Kier molecular flexibility index (Phi) is 5.75. The Bertz CT molecular complexity index is 1150. The lowest BCUT2D eigenvalue weighted by atomic mass is 10.1. The molecule has 0 aliphatic rings. The van der Waals surface area contributed by atoms with Gasteiger partial charge in [0.25, 0.3) is 0 Å². The molecule has 0 unspecified atom stereocenters. The quantitative estimate of drug-likeness (QED) is 0.441. The summed E-state index contributed by atoms with van der Waals surface area (Å²) >= 11 is 0. The molecule has 152 valence electrons. The van der Waals surface area contributed by atoms with E-state index in [2.05, 4.69) is 10.1 Å². The molecule has 0 aliphatic heterocycles. The van der Waals surface area contributed by atoms with Crippen molar-refractivity contribution in [2.75, 3.05) is 18.6 Å². The first-order valence-electron chi connectivity index (χ1n) is 9.96. The summed E-state index contributed by atoms with van der Waals surface area (Å²) in [7, 11) is 1.79. The molecule has 0 saturated carbocycles. The molecule has 4 aromatic rings. The second kappa shape index (κ2) is 8.78. The van der Waals surface area contributed by atoms with Crippen LogP contribution in [0.15, 0.2) is 71.3 Å². The summed E-state index contributed by atoms with van der Waals surface area (Å²) < 4.78 is 10.8. The van der Waals surface area contributed by atoms with Crippen LogP contribution in [0.5, 0.6) is 5.75 Å². The van der Waals surface area contributed by atoms with E-state index in [-0.39, 0.29) is 12.3 Å². The normalized spacial score (nSPS) is 10.9. The SMILES string of the molecule is CCOc1ccc(-c2noc(CCC(=O)N(C)c3cccc4ccccc34)n2)cc1. The molecule has 6 nitrogen and oxygen atoms in total. The minimum absolute atomic E-state index is 0.00725. The highest BCUT2D eigenvalue weighted by atomic mass is 16.5. The summed E-state index contributed by atoms with van der Waals surface area (Å²) in [5.41, 5.74) is 1.73. The Morgan fingerprint density at radius 1 is 1.03 bits per heavy atom. The number of ether oxygens (including phenoxy) is 1. The summed E-state index contributed by atoms with van der Waals surface area (Å²) in [5, 5.41) is 6.18. The highest BCUT2D eigenvalue weighted by Gasteiger charge is 2.16. The molecule has 0 aliphatic carbocycles. The average molecular weight is 401 g/mol. The fourth-order valence-electron chi connectivity index (χ4n) is 3.36. The number of carbonyl (C=O) groups is 1. The maximum absolute atomic E-state index is 12.8. The fourth-order valence-corrected chi connectivity index (χ4v) is 3.36. The van der Waals surface area contributed by atoms with Gasteiger partial charge in [-0.3, -0.25) is 4.79 Å². The van der Waals surface area contributed by atoms with Crippen molar-refractivity contribution in [3.63, 3.8) is 0 Å². The van der Waals surface area contributed by atoms with E-state index in [1.807, 2.05) is 73.7 Å². The van der Waals surface area contributed by atoms with Gasteiger partial charge in [-0.25, -0.2) is 0 Å². The van der Waals surface area contributed by atoms with Crippen LogP contribution in [0.4, 0.5) is 5.69 Å². The number of carbonyl (C=O) groups excluding carboxylic acids is 1. The van der Waals surface area contributed by atoms with Crippen molar-refractivity contribution < 1.29 is 14.1 Å². The first kappa shape index (κ1) is 19.6. The molecular weight excluding hydrogens is 378 g/mol. The zero-order valence-electron chi connectivity index (χ0n) is 17.0. The number of hydrogen-bond acceptors (Lipinski definition) is 5. The number of anilines is 1. The maximum Gasteiger partial charge on any atom is 0.227 e. The number of fused-ring (bicyclic) bond motifs is 1. The highest BCUT2D eigenvalue weighted by Crippen LogP contribution is 2.26. The standard InChI is InChI=1S/C24H23N3O3/c1-3-29-19-13-11-18(12-14-19)24-25-22(30-26-24)15-16-23(28)27(2)21-10-6-8-17-7-4-5-9-20(17)21/h4-14H,3,15-16H2,1-2H3. The molecular formula is C24H23N3O3. The maximum atomic E-state index is 12.8. The second-order valence-electron chi connectivity index (χ2n) is 6.92. The summed E-state index contributed by atoms with van der Waals surface area (Å²) in [5.74, 6) is 1.74. The Morgan fingerprint density at radius 3 is 2.60 bits per heavy atom. The average Bonchev–Trinajstić information content (AvgIpc) is 3.26. The van der Waals surface area contributed by atoms with Gasteiger partial charge in [-0.15, -0.1) is 0 Å². The molecule has 4 rings (SSSR count). The van der Waals surface area contributed by atoms with Gasteiger partial charge in [0.05, 0.1) is 12.3 Å². The largest absolute Gasteiger partial charge is 0.494 e. The van der Waals surface area contributed by atoms with Gasteiger partial charge in [0, 0.05) is 30.8 Å². The third-order valence-electron chi connectivity index (χ3n) is 4.95. The van der Waals surface area contributed by atoms with Crippen molar-refractivity contribution in [1.29, 1.82) is 0 Å². The molecule has 0 N–H and O–H groups in total. The van der Waals surface area contributed by atoms with Gasteiger partial charge >= 0.3 is 0 Å². The zero-order chi connectivity index (χ0) is 20.9. The molecule has 0 atom stereocenters. The minimum atomic E-state index is -0.00725. The van der Waals surface area contributed by atoms with E-state index in [0.29, 0.717) is 24.7 Å². The van der Waals surface area contributed by atoms with Crippen LogP contribution in [0.3, 0.4) is 0 Å². The molecule has 3 aromatic carbocycles. The van der Waals surface area contributed by atoms with Crippen LogP contribution in [0.1, 0.15) is 19.2 Å². The minimum Gasteiger partial charge on any atom is -0.494 e. The van der Waals surface area contributed by atoms with E-state index in [1.165, 1.54) is 0 Å². The fraction of sp³-hybridized carbons (Fsp3) is 0.208. The molecule has 1 aromatic heterocycles. The summed E-state index contributed by atoms with van der Waals surface area (Å²) in [4.78, 5) is 18.9. The Morgan fingerprint density at radius 2 is 1.80 bits per heavy atom. The van der Waals surface area contributed by atoms with Gasteiger partial charge in [0.15, 0.2) is 0 Å². The van der Waals surface area contributed by atoms with E-state index in [0.717, 1.165) is 27.8 Å². The van der Waals surface area contributed by atoms with Crippen LogP contribution >= 0.6 is 0 Å². The number of rotatable bonds is 7. The van der Waals surface area contributed by atoms with Crippen LogP contribution in [-0.4, -0.2) is 29.7 Å². The Balaban J connectivity index is 1.41. The topological polar surface area (TPSA) is 68.5 Å². The molecule has 0 fully saturated rings. The molecule has 0 spiro atoms. The number of aryl methyl sites for hydroxylation is 1. The zero-order valence-corrected chi connectivity index (χ0v) is 17.0. The van der Waals surface area contributed by atoms with E-state index < -0.39 is 0 Å². The summed E-state index contributed by atoms with van der Waals surface area (Å²) in [6.45, 7) is 2.56. The van der Waals surface area contributed by atoms with E-state index >= 15 is 0 Å². The first-order chi connectivity index (χ1) is 14.7. The van der Waals surface area contributed by atoms with Gasteiger partial charge in [-0.2, -0.15) is 4.98 Å². The van der Waals surface area contributed by atoms with Gasteiger partial charge in [-0.05, 0) is 42.6 Å². The predicted molar refractivity (Wildman–Crippen MR) is 117 cm³/mol. The lowest BCUT2D eigenvalue weighted by Crippen LogP contribution is -2.26. The lowest BCUT2D eigenvalue weighted by Gasteiger charge is -2.19. The van der Waals surface area contributed by atoms with Crippen molar-refractivity contribution >= 4 is 22.4 Å². The van der Waals surface area contributed by atoms with E-state index in [4.69, 9.17) is 9.26 Å². The summed E-state index contributed by atoms with van der Waals surface area (Å²) in [6.07, 6.45) is 0.669. The van der Waals surface area contributed by atoms with Crippen molar-refractivity contribution in [2.45, 2.75) is 19.8 Å². The molecule has 0 bridgehead atoms. The smallest absolute Gasteiger partial charge is 0.227 e. The first-order valence-corrected chi connectivity index (χ1v) is 9.96. The van der Waals surface area contributed by atoms with Gasteiger partial charge in [0.1, 0.15) is 5.75 Å². The summed E-state index contributed by atoms with van der Waals surface area (Å²) in [6, 6.07) is 21.5. The van der Waals surface area contributed by atoms with Gasteiger partial charge in [-0.1, -0.05) is 41.6 Å². The van der Waals surface area contributed by atoms with Gasteiger partial charge in [0.2, 0.25) is 17.6 Å². The van der Waals surface area contributed by atoms with Crippen molar-refractivity contribution in [1.82, 2.24) is 10.1 Å². The van der Waals surface area contributed by atoms with Crippen molar-refractivity contribution in [3.05, 3.63) is 72.6 Å². The van der Waals surface area contributed by atoms with Crippen molar-refractivity contribution in [2.24, 2.45) is 0 Å². The third-order valence-corrected chi connectivity index (χ3v) is 4.95. The molecule has 0 saturated heterocycles. The van der Waals surface area contributed by atoms with Gasteiger partial charge < -0.3 is 14.2 Å². The third kappa shape index (κ3) is 4.17.